The Bertz CT molecular complexity index is 3210. The molecule has 11 rings (SSSR count). The van der Waals surface area contributed by atoms with Crippen molar-refractivity contribution in [3.63, 3.8) is 0 Å². The molecule has 0 bridgehead atoms. The van der Waals surface area contributed by atoms with E-state index in [0.29, 0.717) is 0 Å². The first-order valence-electron chi connectivity index (χ1n) is 18.8. The van der Waals surface area contributed by atoms with Gasteiger partial charge < -0.3 is 13.9 Å². The third-order valence-electron chi connectivity index (χ3n) is 11.0. The standard InChI is InChI=1S/C52H34N2O/c1-3-15-35(16-4-1)42-30-27-36-17-7-8-21-41(36)52(42)54-48-25-13-10-22-43(48)44-31-29-39(34-49(44)54)53(38-18-5-2-6-19-38)47-24-12-9-20-40(47)37-28-32-51-46(33-37)45-23-11-14-26-50(45)55-51/h1-34H. The van der Waals surface area contributed by atoms with Gasteiger partial charge in [-0.25, -0.2) is 0 Å². The second-order valence-electron chi connectivity index (χ2n) is 14.1. The molecule has 258 valence electrons. The Kier molecular flexibility index (Phi) is 7.17. The summed E-state index contributed by atoms with van der Waals surface area (Å²) in [5.41, 5.74) is 13.2. The van der Waals surface area contributed by atoms with Crippen LogP contribution in [0.3, 0.4) is 0 Å². The molecule has 0 amide bonds. The zero-order valence-electron chi connectivity index (χ0n) is 29.9. The summed E-state index contributed by atoms with van der Waals surface area (Å²) < 4.78 is 8.72. The largest absolute Gasteiger partial charge is 0.456 e. The lowest BCUT2D eigenvalue weighted by Crippen LogP contribution is -2.11. The predicted octanol–water partition coefficient (Wildman–Crippen LogP) is 14.6. The van der Waals surface area contributed by atoms with Crippen molar-refractivity contribution in [2.75, 3.05) is 4.90 Å². The molecule has 0 spiro atoms. The molecule has 0 aliphatic rings. The average Bonchev–Trinajstić information content (AvgIpc) is 3.79. The van der Waals surface area contributed by atoms with E-state index in [2.05, 4.69) is 204 Å². The summed E-state index contributed by atoms with van der Waals surface area (Å²) in [4.78, 5) is 2.40. The maximum Gasteiger partial charge on any atom is 0.135 e. The third kappa shape index (κ3) is 5.05. The molecule has 9 aromatic carbocycles. The normalized spacial score (nSPS) is 11.6. The van der Waals surface area contributed by atoms with Gasteiger partial charge in [-0.1, -0.05) is 152 Å². The molecular formula is C52H34N2O. The van der Waals surface area contributed by atoms with Gasteiger partial charge in [0.2, 0.25) is 0 Å². The minimum atomic E-state index is 0.893. The van der Waals surface area contributed by atoms with Crippen molar-refractivity contribution in [2.45, 2.75) is 0 Å². The van der Waals surface area contributed by atoms with E-state index in [-0.39, 0.29) is 0 Å². The number of rotatable bonds is 6. The van der Waals surface area contributed by atoms with E-state index in [9.17, 15) is 0 Å². The number of hydrogen-bond donors (Lipinski definition) is 0. The summed E-state index contributed by atoms with van der Waals surface area (Å²) in [6, 6.07) is 74.1. The molecule has 2 heterocycles. The minimum Gasteiger partial charge on any atom is -0.456 e. The summed E-state index contributed by atoms with van der Waals surface area (Å²) >= 11 is 0. The lowest BCUT2D eigenvalue weighted by atomic mass is 9.98. The Labute approximate surface area is 318 Å². The van der Waals surface area contributed by atoms with Crippen molar-refractivity contribution in [2.24, 2.45) is 0 Å². The van der Waals surface area contributed by atoms with E-state index >= 15 is 0 Å². The van der Waals surface area contributed by atoms with Gasteiger partial charge in [-0.3, -0.25) is 0 Å². The topological polar surface area (TPSA) is 21.3 Å². The first-order chi connectivity index (χ1) is 27.3. The Hall–Kier alpha value is -7.36. The van der Waals surface area contributed by atoms with Crippen molar-refractivity contribution in [1.29, 1.82) is 0 Å². The van der Waals surface area contributed by atoms with Crippen LogP contribution in [0.1, 0.15) is 0 Å². The Morgan fingerprint density at radius 1 is 0.364 bits per heavy atom. The van der Waals surface area contributed by atoms with Crippen LogP contribution in [0.25, 0.3) is 82.5 Å². The average molecular weight is 703 g/mol. The smallest absolute Gasteiger partial charge is 0.135 e. The molecule has 0 unspecified atom stereocenters. The highest BCUT2D eigenvalue weighted by molar-refractivity contribution is 6.13. The molecule has 55 heavy (non-hydrogen) atoms. The van der Waals surface area contributed by atoms with Crippen LogP contribution in [0.15, 0.2) is 211 Å². The van der Waals surface area contributed by atoms with E-state index in [4.69, 9.17) is 4.42 Å². The Morgan fingerprint density at radius 3 is 1.91 bits per heavy atom. The van der Waals surface area contributed by atoms with E-state index in [0.717, 1.165) is 55.6 Å². The molecule has 0 atom stereocenters. The number of nitrogens with zero attached hydrogens (tertiary/aromatic N) is 2. The second-order valence-corrected chi connectivity index (χ2v) is 14.1. The number of furan rings is 1. The van der Waals surface area contributed by atoms with Crippen molar-refractivity contribution in [3.05, 3.63) is 206 Å². The Balaban J connectivity index is 1.18. The highest BCUT2D eigenvalue weighted by atomic mass is 16.3. The molecule has 0 saturated heterocycles. The second kappa shape index (κ2) is 12.6. The lowest BCUT2D eigenvalue weighted by molar-refractivity contribution is 0.669. The van der Waals surface area contributed by atoms with Gasteiger partial charge in [-0.05, 0) is 71.1 Å². The fourth-order valence-corrected chi connectivity index (χ4v) is 8.50. The molecule has 0 aliphatic heterocycles. The number of anilines is 3. The van der Waals surface area contributed by atoms with Gasteiger partial charge >= 0.3 is 0 Å². The maximum absolute atomic E-state index is 6.22. The zero-order valence-corrected chi connectivity index (χ0v) is 29.9. The van der Waals surface area contributed by atoms with Crippen LogP contribution in [0.4, 0.5) is 17.1 Å². The van der Waals surface area contributed by atoms with Gasteiger partial charge in [-0.2, -0.15) is 0 Å². The van der Waals surface area contributed by atoms with Gasteiger partial charge in [0.25, 0.3) is 0 Å². The van der Waals surface area contributed by atoms with Gasteiger partial charge in [-0.15, -0.1) is 0 Å². The molecule has 0 aliphatic carbocycles. The maximum atomic E-state index is 6.22. The van der Waals surface area contributed by atoms with E-state index in [1.54, 1.807) is 0 Å². The predicted molar refractivity (Wildman–Crippen MR) is 231 cm³/mol. The van der Waals surface area contributed by atoms with Crippen molar-refractivity contribution in [1.82, 2.24) is 4.57 Å². The lowest BCUT2D eigenvalue weighted by Gasteiger charge is -2.28. The van der Waals surface area contributed by atoms with Gasteiger partial charge in [0.05, 0.1) is 22.4 Å². The van der Waals surface area contributed by atoms with E-state index in [1.807, 2.05) is 12.1 Å². The molecule has 3 heteroatoms. The summed E-state index contributed by atoms with van der Waals surface area (Å²) in [5, 5.41) is 7.10. The van der Waals surface area contributed by atoms with Gasteiger partial charge in [0, 0.05) is 49.4 Å². The number of para-hydroxylation sites is 4. The molecule has 0 saturated carbocycles. The third-order valence-corrected chi connectivity index (χ3v) is 11.0. The van der Waals surface area contributed by atoms with Crippen LogP contribution in [-0.4, -0.2) is 4.57 Å². The SMILES string of the molecule is c1ccc(-c2ccc3ccccc3c2-n2c3ccccc3c3ccc(N(c4ccccc4)c4ccccc4-c4ccc5oc6ccccc6c5c4)cc32)cc1. The fraction of sp³-hybridized carbons (Fsp3) is 0. The number of benzene rings is 9. The summed E-state index contributed by atoms with van der Waals surface area (Å²) in [6.07, 6.45) is 0. The fourth-order valence-electron chi connectivity index (χ4n) is 8.50. The molecule has 11 aromatic rings. The van der Waals surface area contributed by atoms with Crippen LogP contribution >= 0.6 is 0 Å². The van der Waals surface area contributed by atoms with E-state index in [1.165, 1.54) is 43.9 Å². The van der Waals surface area contributed by atoms with Crippen molar-refractivity contribution < 1.29 is 4.42 Å². The van der Waals surface area contributed by atoms with Crippen LogP contribution < -0.4 is 4.90 Å². The summed E-state index contributed by atoms with van der Waals surface area (Å²) in [5.74, 6) is 0. The highest BCUT2D eigenvalue weighted by Crippen LogP contribution is 2.45. The minimum absolute atomic E-state index is 0.893. The first kappa shape index (κ1) is 31.2. The summed E-state index contributed by atoms with van der Waals surface area (Å²) in [7, 11) is 0. The van der Waals surface area contributed by atoms with Crippen LogP contribution in [0.5, 0.6) is 0 Å². The highest BCUT2D eigenvalue weighted by Gasteiger charge is 2.22. The van der Waals surface area contributed by atoms with Gasteiger partial charge in [0.15, 0.2) is 0 Å². The monoisotopic (exact) mass is 702 g/mol. The quantitative estimate of drug-likeness (QED) is 0.172. The van der Waals surface area contributed by atoms with Crippen molar-refractivity contribution >= 4 is 71.6 Å². The molecule has 0 fully saturated rings. The first-order valence-corrected chi connectivity index (χ1v) is 18.8. The van der Waals surface area contributed by atoms with Crippen LogP contribution in [-0.2, 0) is 0 Å². The number of fused-ring (bicyclic) bond motifs is 7. The molecule has 3 nitrogen and oxygen atoms in total. The molecule has 2 aromatic heterocycles. The van der Waals surface area contributed by atoms with Gasteiger partial charge in [0.1, 0.15) is 11.2 Å². The Morgan fingerprint density at radius 2 is 1.04 bits per heavy atom. The number of hydrogen-bond acceptors (Lipinski definition) is 2. The number of aromatic nitrogens is 1. The van der Waals surface area contributed by atoms with Crippen LogP contribution in [0, 0.1) is 0 Å². The summed E-state index contributed by atoms with van der Waals surface area (Å²) in [6.45, 7) is 0. The molecule has 0 radical (unpaired) electrons. The van der Waals surface area contributed by atoms with Crippen molar-refractivity contribution in [3.8, 4) is 27.9 Å². The molecule has 0 N–H and O–H groups in total. The van der Waals surface area contributed by atoms with E-state index < -0.39 is 0 Å². The molecular weight excluding hydrogens is 669 g/mol. The van der Waals surface area contributed by atoms with Crippen LogP contribution in [0.2, 0.25) is 0 Å². The zero-order chi connectivity index (χ0) is 36.3.